The van der Waals surface area contributed by atoms with E-state index in [-0.39, 0.29) is 6.04 Å². The summed E-state index contributed by atoms with van der Waals surface area (Å²) in [4.78, 5) is 14.9. The van der Waals surface area contributed by atoms with Gasteiger partial charge < -0.3 is 14.4 Å². The van der Waals surface area contributed by atoms with Gasteiger partial charge in [0.05, 0.1) is 20.3 Å². The number of hydrogen-bond acceptors (Lipinski definition) is 3. The fourth-order valence-corrected chi connectivity index (χ4v) is 4.26. The maximum absolute atomic E-state index is 12.8. The highest BCUT2D eigenvalue weighted by Crippen LogP contribution is 2.39. The van der Waals surface area contributed by atoms with Gasteiger partial charge in [0.25, 0.3) is 0 Å². The molecule has 2 fully saturated rings. The molecule has 1 amide bonds. The SMILES string of the molecule is COc1ccc(OC)c([C@@H]2CCCN2C(=O)CCC2CCCC2)c1. The van der Waals surface area contributed by atoms with Gasteiger partial charge in [-0.2, -0.15) is 0 Å². The van der Waals surface area contributed by atoms with Crippen molar-refractivity contribution in [1.82, 2.24) is 4.90 Å². The Morgan fingerprint density at radius 1 is 1.12 bits per heavy atom. The highest BCUT2D eigenvalue weighted by atomic mass is 16.5. The first-order valence-corrected chi connectivity index (χ1v) is 9.24. The molecule has 1 aliphatic heterocycles. The molecule has 1 aromatic carbocycles. The van der Waals surface area contributed by atoms with Crippen LogP contribution in [0.1, 0.15) is 63.0 Å². The number of benzene rings is 1. The van der Waals surface area contributed by atoms with E-state index in [1.807, 2.05) is 18.2 Å². The van der Waals surface area contributed by atoms with Crippen LogP contribution < -0.4 is 9.47 Å². The van der Waals surface area contributed by atoms with Gasteiger partial charge in [0.1, 0.15) is 11.5 Å². The summed E-state index contributed by atoms with van der Waals surface area (Å²) in [5.41, 5.74) is 1.07. The summed E-state index contributed by atoms with van der Waals surface area (Å²) in [5.74, 6) is 2.72. The molecule has 1 saturated heterocycles. The monoisotopic (exact) mass is 331 g/mol. The van der Waals surface area contributed by atoms with E-state index in [1.54, 1.807) is 14.2 Å². The maximum Gasteiger partial charge on any atom is 0.223 e. The Hall–Kier alpha value is -1.71. The molecule has 132 valence electrons. The van der Waals surface area contributed by atoms with Crippen LogP contribution in [0, 0.1) is 5.92 Å². The van der Waals surface area contributed by atoms with Crippen LogP contribution in [0.15, 0.2) is 18.2 Å². The lowest BCUT2D eigenvalue weighted by molar-refractivity contribution is -0.132. The minimum atomic E-state index is 0.117. The van der Waals surface area contributed by atoms with E-state index in [0.29, 0.717) is 12.3 Å². The average molecular weight is 331 g/mol. The molecule has 0 spiro atoms. The summed E-state index contributed by atoms with van der Waals surface area (Å²) in [6.45, 7) is 0.856. The van der Waals surface area contributed by atoms with Crippen LogP contribution in [0.3, 0.4) is 0 Å². The fourth-order valence-electron chi connectivity index (χ4n) is 4.26. The van der Waals surface area contributed by atoms with Crippen molar-refractivity contribution in [1.29, 1.82) is 0 Å². The van der Waals surface area contributed by atoms with Crippen molar-refractivity contribution in [2.75, 3.05) is 20.8 Å². The molecular formula is C20H29NO3. The minimum Gasteiger partial charge on any atom is -0.497 e. The normalized spacial score (nSPS) is 21.2. The Labute approximate surface area is 145 Å². The summed E-state index contributed by atoms with van der Waals surface area (Å²) < 4.78 is 10.9. The number of likely N-dealkylation sites (tertiary alicyclic amines) is 1. The molecule has 3 rings (SSSR count). The van der Waals surface area contributed by atoms with Gasteiger partial charge >= 0.3 is 0 Å². The topological polar surface area (TPSA) is 38.8 Å². The number of rotatable bonds is 6. The molecule has 1 aromatic rings. The molecule has 1 saturated carbocycles. The van der Waals surface area contributed by atoms with Gasteiger partial charge in [-0.3, -0.25) is 4.79 Å². The van der Waals surface area contributed by atoms with Crippen LogP contribution in [0.5, 0.6) is 11.5 Å². The Kier molecular flexibility index (Phi) is 5.64. The van der Waals surface area contributed by atoms with Crippen molar-refractivity contribution in [2.24, 2.45) is 5.92 Å². The molecule has 0 bridgehead atoms. The van der Waals surface area contributed by atoms with Gasteiger partial charge in [0, 0.05) is 18.5 Å². The predicted molar refractivity (Wildman–Crippen MR) is 94.4 cm³/mol. The maximum atomic E-state index is 12.8. The van der Waals surface area contributed by atoms with Crippen LogP contribution >= 0.6 is 0 Å². The molecule has 4 nitrogen and oxygen atoms in total. The Morgan fingerprint density at radius 3 is 2.62 bits per heavy atom. The second-order valence-electron chi connectivity index (χ2n) is 7.04. The van der Waals surface area contributed by atoms with Gasteiger partial charge in [-0.15, -0.1) is 0 Å². The first-order valence-electron chi connectivity index (χ1n) is 9.24. The van der Waals surface area contributed by atoms with Crippen molar-refractivity contribution >= 4 is 5.91 Å². The third kappa shape index (κ3) is 3.68. The summed E-state index contributed by atoms with van der Waals surface area (Å²) in [5, 5.41) is 0. The zero-order chi connectivity index (χ0) is 16.9. The molecule has 4 heteroatoms. The summed E-state index contributed by atoms with van der Waals surface area (Å²) in [7, 11) is 3.36. The highest BCUT2D eigenvalue weighted by Gasteiger charge is 2.32. The molecule has 0 radical (unpaired) electrons. The van der Waals surface area contributed by atoms with Crippen molar-refractivity contribution in [3.05, 3.63) is 23.8 Å². The smallest absolute Gasteiger partial charge is 0.223 e. The van der Waals surface area contributed by atoms with E-state index < -0.39 is 0 Å². The molecule has 1 heterocycles. The van der Waals surface area contributed by atoms with Crippen LogP contribution in [-0.4, -0.2) is 31.6 Å². The van der Waals surface area contributed by atoms with E-state index in [1.165, 1.54) is 25.7 Å². The van der Waals surface area contributed by atoms with Gasteiger partial charge in [-0.1, -0.05) is 25.7 Å². The molecule has 0 N–H and O–H groups in total. The molecule has 24 heavy (non-hydrogen) atoms. The van der Waals surface area contributed by atoms with Gasteiger partial charge in [-0.05, 0) is 43.4 Å². The molecule has 0 aromatic heterocycles. The number of hydrogen-bond donors (Lipinski definition) is 0. The van der Waals surface area contributed by atoms with E-state index in [9.17, 15) is 4.79 Å². The second kappa shape index (κ2) is 7.91. The molecule has 0 unspecified atom stereocenters. The van der Waals surface area contributed by atoms with E-state index >= 15 is 0 Å². The van der Waals surface area contributed by atoms with E-state index in [2.05, 4.69) is 4.90 Å². The van der Waals surface area contributed by atoms with Crippen LogP contribution in [0.25, 0.3) is 0 Å². The third-order valence-electron chi connectivity index (χ3n) is 5.61. The number of carbonyl (C=O) groups is 1. The predicted octanol–water partition coefficient (Wildman–Crippen LogP) is 4.34. The number of carbonyl (C=O) groups excluding carboxylic acids is 1. The van der Waals surface area contributed by atoms with Crippen LogP contribution in [0.4, 0.5) is 0 Å². The average Bonchev–Trinajstić information content (AvgIpc) is 3.30. The fraction of sp³-hybridized carbons (Fsp3) is 0.650. The lowest BCUT2D eigenvalue weighted by atomic mass is 10.00. The highest BCUT2D eigenvalue weighted by molar-refractivity contribution is 5.77. The molecule has 2 aliphatic rings. The summed E-state index contributed by atoms with van der Waals surface area (Å²) in [6.07, 6.45) is 9.09. The van der Waals surface area contributed by atoms with Crippen molar-refractivity contribution in [3.63, 3.8) is 0 Å². The Bertz CT molecular complexity index is 566. The van der Waals surface area contributed by atoms with Gasteiger partial charge in [0.15, 0.2) is 0 Å². The first kappa shape index (κ1) is 17.1. The second-order valence-corrected chi connectivity index (χ2v) is 7.04. The number of nitrogens with zero attached hydrogens (tertiary/aromatic N) is 1. The standard InChI is InChI=1S/C20H29NO3/c1-23-16-10-11-19(24-2)17(14-16)18-8-5-13-21(18)20(22)12-9-15-6-3-4-7-15/h10-11,14-15,18H,3-9,12-13H2,1-2H3/t18-/m0/s1. The largest absolute Gasteiger partial charge is 0.497 e. The van der Waals surface area contributed by atoms with Gasteiger partial charge in [-0.25, -0.2) is 0 Å². The van der Waals surface area contributed by atoms with E-state index in [0.717, 1.165) is 48.8 Å². The van der Waals surface area contributed by atoms with E-state index in [4.69, 9.17) is 9.47 Å². The quantitative estimate of drug-likeness (QED) is 0.778. The number of methoxy groups -OCH3 is 2. The minimum absolute atomic E-state index is 0.117. The number of amides is 1. The number of ether oxygens (including phenoxy) is 2. The van der Waals surface area contributed by atoms with Crippen LogP contribution in [-0.2, 0) is 4.79 Å². The molecule has 1 atom stereocenters. The van der Waals surface area contributed by atoms with Crippen molar-refractivity contribution in [3.8, 4) is 11.5 Å². The summed E-state index contributed by atoms with van der Waals surface area (Å²) in [6, 6.07) is 5.98. The van der Waals surface area contributed by atoms with Crippen molar-refractivity contribution < 1.29 is 14.3 Å². The lowest BCUT2D eigenvalue weighted by Gasteiger charge is -2.27. The zero-order valence-electron chi connectivity index (χ0n) is 14.9. The van der Waals surface area contributed by atoms with Crippen LogP contribution in [0.2, 0.25) is 0 Å². The lowest BCUT2D eigenvalue weighted by Crippen LogP contribution is -2.30. The van der Waals surface area contributed by atoms with Gasteiger partial charge in [0.2, 0.25) is 5.91 Å². The first-order chi connectivity index (χ1) is 11.7. The molecule has 1 aliphatic carbocycles. The Balaban J connectivity index is 1.71. The van der Waals surface area contributed by atoms with Crippen molar-refractivity contribution in [2.45, 2.75) is 57.4 Å². The molecular weight excluding hydrogens is 302 g/mol. The third-order valence-corrected chi connectivity index (χ3v) is 5.61. The zero-order valence-corrected chi connectivity index (χ0v) is 14.9. The summed E-state index contributed by atoms with van der Waals surface area (Å²) >= 11 is 0. The Morgan fingerprint density at radius 2 is 1.92 bits per heavy atom.